The molecule has 0 aliphatic rings. The Bertz CT molecular complexity index is 714. The summed E-state index contributed by atoms with van der Waals surface area (Å²) in [6.07, 6.45) is -5.15. The van der Waals surface area contributed by atoms with E-state index < -0.39 is 24.1 Å². The Morgan fingerprint density at radius 2 is 1.57 bits per heavy atom. The standard InChI is InChI=1S/C16H12F3NO3/c17-16(18,19)15(23)20-13(14(21)22)12-8-4-7-11(9-12)10-5-2-1-3-6-10/h1-9,13H,(H,20,23)(H,21,22). The van der Waals surface area contributed by atoms with Gasteiger partial charge in [-0.2, -0.15) is 13.2 Å². The third kappa shape index (κ3) is 4.09. The van der Waals surface area contributed by atoms with Gasteiger partial charge < -0.3 is 10.4 Å². The van der Waals surface area contributed by atoms with Gasteiger partial charge in [0.1, 0.15) is 0 Å². The Kier molecular flexibility index (Phi) is 4.68. The molecule has 4 nitrogen and oxygen atoms in total. The number of alkyl halides is 3. The smallest absolute Gasteiger partial charge is 0.471 e. The predicted octanol–water partition coefficient (Wildman–Crippen LogP) is 3.16. The third-order valence-corrected chi connectivity index (χ3v) is 3.11. The van der Waals surface area contributed by atoms with Crippen LogP contribution in [0, 0.1) is 0 Å². The van der Waals surface area contributed by atoms with E-state index in [9.17, 15) is 22.8 Å². The van der Waals surface area contributed by atoms with Crippen LogP contribution in [0.1, 0.15) is 11.6 Å². The highest BCUT2D eigenvalue weighted by atomic mass is 19.4. The highest BCUT2D eigenvalue weighted by molar-refractivity contribution is 5.87. The number of carboxylic acid groups (broad SMARTS) is 1. The molecule has 2 N–H and O–H groups in total. The average molecular weight is 323 g/mol. The van der Waals surface area contributed by atoms with Crippen molar-refractivity contribution >= 4 is 11.9 Å². The van der Waals surface area contributed by atoms with Gasteiger partial charge in [-0.15, -0.1) is 0 Å². The van der Waals surface area contributed by atoms with E-state index in [2.05, 4.69) is 0 Å². The van der Waals surface area contributed by atoms with Gasteiger partial charge >= 0.3 is 18.1 Å². The number of carbonyl (C=O) groups is 2. The molecular formula is C16H12F3NO3. The van der Waals surface area contributed by atoms with Crippen molar-refractivity contribution < 1.29 is 27.9 Å². The lowest BCUT2D eigenvalue weighted by Crippen LogP contribution is -2.41. The molecule has 1 unspecified atom stereocenters. The van der Waals surface area contributed by atoms with Crippen LogP contribution in [0.4, 0.5) is 13.2 Å². The normalized spacial score (nSPS) is 12.5. The second-order valence-corrected chi connectivity index (χ2v) is 4.73. The number of hydrogen-bond donors (Lipinski definition) is 2. The largest absolute Gasteiger partial charge is 0.479 e. The van der Waals surface area contributed by atoms with Crippen molar-refractivity contribution in [2.45, 2.75) is 12.2 Å². The number of carbonyl (C=O) groups excluding carboxylic acids is 1. The van der Waals surface area contributed by atoms with Crippen LogP contribution in [0.2, 0.25) is 0 Å². The number of halogens is 3. The summed E-state index contributed by atoms with van der Waals surface area (Å²) in [6, 6.07) is 13.1. The summed E-state index contributed by atoms with van der Waals surface area (Å²) in [4.78, 5) is 22.2. The molecule has 0 heterocycles. The van der Waals surface area contributed by atoms with E-state index in [4.69, 9.17) is 5.11 Å². The molecule has 2 rings (SSSR count). The van der Waals surface area contributed by atoms with E-state index in [1.54, 1.807) is 36.4 Å². The molecule has 2 aromatic carbocycles. The van der Waals surface area contributed by atoms with Crippen molar-refractivity contribution in [2.24, 2.45) is 0 Å². The molecule has 0 radical (unpaired) electrons. The fourth-order valence-electron chi connectivity index (χ4n) is 2.03. The van der Waals surface area contributed by atoms with E-state index in [0.717, 1.165) is 5.56 Å². The molecule has 0 fully saturated rings. The van der Waals surface area contributed by atoms with Crippen molar-refractivity contribution in [3.05, 3.63) is 60.2 Å². The number of aliphatic carboxylic acids is 1. The van der Waals surface area contributed by atoms with Crippen molar-refractivity contribution in [2.75, 3.05) is 0 Å². The second-order valence-electron chi connectivity index (χ2n) is 4.73. The molecule has 0 saturated carbocycles. The van der Waals surface area contributed by atoms with Crippen LogP contribution in [0.15, 0.2) is 54.6 Å². The number of benzene rings is 2. The van der Waals surface area contributed by atoms with Crippen LogP contribution in [0.5, 0.6) is 0 Å². The summed E-state index contributed by atoms with van der Waals surface area (Å²) in [5, 5.41) is 10.6. The zero-order valence-electron chi connectivity index (χ0n) is 11.7. The van der Waals surface area contributed by atoms with Gasteiger partial charge in [0.25, 0.3) is 0 Å². The Labute approximate surface area is 129 Å². The van der Waals surface area contributed by atoms with Crippen molar-refractivity contribution in [1.29, 1.82) is 0 Å². The molecule has 0 saturated heterocycles. The molecule has 2 aromatic rings. The van der Waals surface area contributed by atoms with Gasteiger partial charge in [0.2, 0.25) is 0 Å². The lowest BCUT2D eigenvalue weighted by Gasteiger charge is -2.17. The minimum absolute atomic E-state index is 0.0523. The number of rotatable bonds is 4. The van der Waals surface area contributed by atoms with Gasteiger partial charge in [-0.25, -0.2) is 4.79 Å². The topological polar surface area (TPSA) is 66.4 Å². The highest BCUT2D eigenvalue weighted by Gasteiger charge is 2.41. The lowest BCUT2D eigenvalue weighted by atomic mass is 9.99. The highest BCUT2D eigenvalue weighted by Crippen LogP contribution is 2.24. The number of hydrogen-bond acceptors (Lipinski definition) is 2. The van der Waals surface area contributed by atoms with Gasteiger partial charge in [-0.05, 0) is 22.8 Å². The number of amides is 1. The first-order valence-electron chi connectivity index (χ1n) is 6.55. The van der Waals surface area contributed by atoms with E-state index in [1.807, 2.05) is 0 Å². The van der Waals surface area contributed by atoms with Crippen LogP contribution in [0.3, 0.4) is 0 Å². The lowest BCUT2D eigenvalue weighted by molar-refractivity contribution is -0.175. The summed E-state index contributed by atoms with van der Waals surface area (Å²) in [5.74, 6) is -3.87. The average Bonchev–Trinajstić information content (AvgIpc) is 2.52. The van der Waals surface area contributed by atoms with Crippen LogP contribution < -0.4 is 5.32 Å². The molecule has 0 spiro atoms. The fourth-order valence-corrected chi connectivity index (χ4v) is 2.03. The van der Waals surface area contributed by atoms with E-state index >= 15 is 0 Å². The predicted molar refractivity (Wildman–Crippen MR) is 76.5 cm³/mol. The maximum atomic E-state index is 12.3. The summed E-state index contributed by atoms with van der Waals surface area (Å²) in [7, 11) is 0. The Morgan fingerprint density at radius 3 is 2.13 bits per heavy atom. The Morgan fingerprint density at radius 1 is 0.957 bits per heavy atom. The van der Waals surface area contributed by atoms with Crippen LogP contribution in [-0.4, -0.2) is 23.2 Å². The minimum Gasteiger partial charge on any atom is -0.479 e. The first kappa shape index (κ1) is 16.5. The van der Waals surface area contributed by atoms with Crippen molar-refractivity contribution in [3.63, 3.8) is 0 Å². The number of carboxylic acids is 1. The molecule has 0 aliphatic heterocycles. The van der Waals surface area contributed by atoms with Gasteiger partial charge in [0.05, 0.1) is 0 Å². The molecule has 1 amide bonds. The van der Waals surface area contributed by atoms with Gasteiger partial charge in [-0.1, -0.05) is 48.5 Å². The molecule has 0 aromatic heterocycles. The van der Waals surface area contributed by atoms with Crippen LogP contribution in [-0.2, 0) is 9.59 Å². The summed E-state index contributed by atoms with van der Waals surface area (Å²) in [6.45, 7) is 0. The van der Waals surface area contributed by atoms with Crippen LogP contribution >= 0.6 is 0 Å². The zero-order chi connectivity index (χ0) is 17.0. The summed E-state index contributed by atoms with van der Waals surface area (Å²) < 4.78 is 37.0. The monoisotopic (exact) mass is 323 g/mol. The van der Waals surface area contributed by atoms with E-state index in [0.29, 0.717) is 5.56 Å². The molecule has 0 bridgehead atoms. The van der Waals surface area contributed by atoms with E-state index in [1.165, 1.54) is 23.5 Å². The molecule has 120 valence electrons. The number of nitrogens with one attached hydrogen (secondary N) is 1. The first-order valence-corrected chi connectivity index (χ1v) is 6.55. The second kappa shape index (κ2) is 6.51. The van der Waals surface area contributed by atoms with E-state index in [-0.39, 0.29) is 5.56 Å². The van der Waals surface area contributed by atoms with Gasteiger partial charge in [0, 0.05) is 0 Å². The third-order valence-electron chi connectivity index (χ3n) is 3.11. The van der Waals surface area contributed by atoms with Crippen molar-refractivity contribution in [3.8, 4) is 11.1 Å². The zero-order valence-corrected chi connectivity index (χ0v) is 11.7. The maximum absolute atomic E-state index is 12.3. The fraction of sp³-hybridized carbons (Fsp3) is 0.125. The molecular weight excluding hydrogens is 311 g/mol. The molecule has 7 heteroatoms. The Hall–Kier alpha value is -2.83. The summed E-state index contributed by atoms with van der Waals surface area (Å²) in [5.41, 5.74) is 1.47. The van der Waals surface area contributed by atoms with Gasteiger partial charge in [0.15, 0.2) is 6.04 Å². The quantitative estimate of drug-likeness (QED) is 0.908. The molecule has 0 aliphatic carbocycles. The first-order chi connectivity index (χ1) is 10.8. The molecule has 1 atom stereocenters. The maximum Gasteiger partial charge on any atom is 0.471 e. The molecule has 23 heavy (non-hydrogen) atoms. The minimum atomic E-state index is -5.15. The van der Waals surface area contributed by atoms with Crippen molar-refractivity contribution in [1.82, 2.24) is 5.32 Å². The Balaban J connectivity index is 2.34. The SMILES string of the molecule is O=C(O)C(NC(=O)C(F)(F)F)c1cccc(-c2ccccc2)c1. The summed E-state index contributed by atoms with van der Waals surface area (Å²) >= 11 is 0. The van der Waals surface area contributed by atoms with Crippen LogP contribution in [0.25, 0.3) is 11.1 Å². The van der Waals surface area contributed by atoms with Gasteiger partial charge in [-0.3, -0.25) is 4.79 Å².